The second-order valence-electron chi connectivity index (χ2n) is 3.61. The molecule has 1 aromatic heterocycles. The molecule has 1 aromatic rings. The highest BCUT2D eigenvalue weighted by atomic mass is 16.1. The molecule has 15 heavy (non-hydrogen) atoms. The molecule has 0 saturated heterocycles. The SMILES string of the molecule is CCc1ccc(N(C)CCC(C)=O)nn1. The molecular weight excluding hydrogens is 190 g/mol. The first-order valence-corrected chi connectivity index (χ1v) is 5.16. The fourth-order valence-electron chi connectivity index (χ4n) is 1.18. The van der Waals surface area contributed by atoms with Crippen molar-refractivity contribution in [3.63, 3.8) is 0 Å². The van der Waals surface area contributed by atoms with E-state index in [4.69, 9.17) is 0 Å². The van der Waals surface area contributed by atoms with Gasteiger partial charge in [-0.25, -0.2) is 0 Å². The highest BCUT2D eigenvalue weighted by molar-refractivity contribution is 5.76. The van der Waals surface area contributed by atoms with Crippen molar-refractivity contribution in [2.75, 3.05) is 18.5 Å². The van der Waals surface area contributed by atoms with E-state index in [1.807, 2.05) is 31.0 Å². The van der Waals surface area contributed by atoms with E-state index < -0.39 is 0 Å². The van der Waals surface area contributed by atoms with Crippen LogP contribution >= 0.6 is 0 Å². The number of aromatic nitrogens is 2. The van der Waals surface area contributed by atoms with Crippen LogP contribution in [0.3, 0.4) is 0 Å². The maximum Gasteiger partial charge on any atom is 0.150 e. The first-order valence-electron chi connectivity index (χ1n) is 5.16. The van der Waals surface area contributed by atoms with Crippen molar-refractivity contribution in [1.29, 1.82) is 0 Å². The van der Waals surface area contributed by atoms with E-state index >= 15 is 0 Å². The molecule has 0 aliphatic heterocycles. The number of anilines is 1. The molecule has 0 aliphatic rings. The molecule has 82 valence electrons. The predicted molar refractivity (Wildman–Crippen MR) is 60.0 cm³/mol. The maximum atomic E-state index is 10.8. The van der Waals surface area contributed by atoms with Crippen LogP contribution in [0, 0.1) is 0 Å². The van der Waals surface area contributed by atoms with Gasteiger partial charge in [0.25, 0.3) is 0 Å². The van der Waals surface area contributed by atoms with Crippen LogP contribution in [0.15, 0.2) is 12.1 Å². The van der Waals surface area contributed by atoms with Crippen molar-refractivity contribution in [2.45, 2.75) is 26.7 Å². The Kier molecular flexibility index (Phi) is 4.21. The Morgan fingerprint density at radius 1 is 1.40 bits per heavy atom. The van der Waals surface area contributed by atoms with Crippen molar-refractivity contribution in [2.24, 2.45) is 0 Å². The van der Waals surface area contributed by atoms with Gasteiger partial charge in [0, 0.05) is 20.0 Å². The fourth-order valence-corrected chi connectivity index (χ4v) is 1.18. The van der Waals surface area contributed by atoms with Crippen molar-refractivity contribution >= 4 is 11.6 Å². The van der Waals surface area contributed by atoms with E-state index in [-0.39, 0.29) is 5.78 Å². The van der Waals surface area contributed by atoms with Crippen LogP contribution in [0.25, 0.3) is 0 Å². The Morgan fingerprint density at radius 3 is 2.60 bits per heavy atom. The molecule has 0 atom stereocenters. The highest BCUT2D eigenvalue weighted by Crippen LogP contribution is 2.08. The molecule has 0 aliphatic carbocycles. The summed E-state index contributed by atoms with van der Waals surface area (Å²) in [5.41, 5.74) is 0.985. The van der Waals surface area contributed by atoms with E-state index in [0.29, 0.717) is 13.0 Å². The zero-order chi connectivity index (χ0) is 11.3. The second-order valence-corrected chi connectivity index (χ2v) is 3.61. The van der Waals surface area contributed by atoms with Crippen molar-refractivity contribution in [1.82, 2.24) is 10.2 Å². The first kappa shape index (κ1) is 11.6. The molecule has 0 saturated carbocycles. The Balaban J connectivity index is 2.57. The van der Waals surface area contributed by atoms with Gasteiger partial charge in [-0.05, 0) is 25.5 Å². The van der Waals surface area contributed by atoms with Crippen LogP contribution in [0.2, 0.25) is 0 Å². The predicted octanol–water partition coefficient (Wildman–Crippen LogP) is 1.45. The first-order chi connectivity index (χ1) is 7.13. The molecule has 4 heteroatoms. The lowest BCUT2D eigenvalue weighted by atomic mass is 10.3. The summed E-state index contributed by atoms with van der Waals surface area (Å²) in [6.45, 7) is 4.33. The molecule has 0 bridgehead atoms. The molecule has 0 amide bonds. The number of ketones is 1. The summed E-state index contributed by atoms with van der Waals surface area (Å²) < 4.78 is 0. The molecule has 0 aromatic carbocycles. The Hall–Kier alpha value is -1.45. The van der Waals surface area contributed by atoms with Crippen LogP contribution in [0.5, 0.6) is 0 Å². The molecule has 0 N–H and O–H groups in total. The minimum absolute atomic E-state index is 0.194. The number of carbonyl (C=O) groups is 1. The number of nitrogens with zero attached hydrogens (tertiary/aromatic N) is 3. The smallest absolute Gasteiger partial charge is 0.150 e. The van der Waals surface area contributed by atoms with Gasteiger partial charge in [-0.15, -0.1) is 5.10 Å². The molecular formula is C11H17N3O. The summed E-state index contributed by atoms with van der Waals surface area (Å²) in [5.74, 6) is 1.01. The summed E-state index contributed by atoms with van der Waals surface area (Å²) in [6, 6.07) is 3.90. The van der Waals surface area contributed by atoms with Gasteiger partial charge >= 0.3 is 0 Å². The largest absolute Gasteiger partial charge is 0.358 e. The lowest BCUT2D eigenvalue weighted by molar-refractivity contribution is -0.116. The quantitative estimate of drug-likeness (QED) is 0.733. The zero-order valence-corrected chi connectivity index (χ0v) is 9.53. The normalized spacial score (nSPS) is 10.1. The molecule has 0 unspecified atom stereocenters. The molecule has 1 rings (SSSR count). The molecule has 4 nitrogen and oxygen atoms in total. The van der Waals surface area contributed by atoms with Crippen LogP contribution in [-0.2, 0) is 11.2 Å². The standard InChI is InChI=1S/C11H17N3O/c1-4-10-5-6-11(13-12-10)14(3)8-7-9(2)15/h5-6H,4,7-8H2,1-3H3. The fraction of sp³-hybridized carbons (Fsp3) is 0.545. The molecule has 0 spiro atoms. The van der Waals surface area contributed by atoms with Gasteiger partial charge in [0.05, 0.1) is 5.69 Å². The Bertz CT molecular complexity index is 321. The minimum Gasteiger partial charge on any atom is -0.358 e. The number of rotatable bonds is 5. The summed E-state index contributed by atoms with van der Waals surface area (Å²) >= 11 is 0. The van der Waals surface area contributed by atoms with Crippen LogP contribution in [0.4, 0.5) is 5.82 Å². The van der Waals surface area contributed by atoms with E-state index in [9.17, 15) is 4.79 Å². The minimum atomic E-state index is 0.194. The van der Waals surface area contributed by atoms with Gasteiger partial charge in [0.2, 0.25) is 0 Å². The number of Topliss-reactive ketones (excluding diaryl/α,β-unsaturated/α-hetero) is 1. The third-order valence-corrected chi connectivity index (χ3v) is 2.26. The average molecular weight is 207 g/mol. The number of hydrogen-bond donors (Lipinski definition) is 0. The summed E-state index contributed by atoms with van der Waals surface area (Å²) in [5, 5.41) is 8.16. The lowest BCUT2D eigenvalue weighted by Gasteiger charge is -2.16. The third-order valence-electron chi connectivity index (χ3n) is 2.26. The number of aryl methyl sites for hydroxylation is 1. The summed E-state index contributed by atoms with van der Waals surface area (Å²) in [4.78, 5) is 12.8. The van der Waals surface area contributed by atoms with Gasteiger partial charge in [-0.2, -0.15) is 5.10 Å². The Morgan fingerprint density at radius 2 is 2.13 bits per heavy atom. The van der Waals surface area contributed by atoms with Gasteiger partial charge < -0.3 is 4.90 Å². The second kappa shape index (κ2) is 5.44. The summed E-state index contributed by atoms with van der Waals surface area (Å²) in [6.07, 6.45) is 1.44. The van der Waals surface area contributed by atoms with E-state index in [1.54, 1.807) is 6.92 Å². The van der Waals surface area contributed by atoms with Gasteiger partial charge in [0.1, 0.15) is 5.78 Å². The van der Waals surface area contributed by atoms with Crippen LogP contribution < -0.4 is 4.90 Å². The topological polar surface area (TPSA) is 46.1 Å². The van der Waals surface area contributed by atoms with Gasteiger partial charge in [-0.1, -0.05) is 6.92 Å². The molecule has 0 fully saturated rings. The van der Waals surface area contributed by atoms with Gasteiger partial charge in [-0.3, -0.25) is 4.79 Å². The average Bonchev–Trinajstić information content (AvgIpc) is 2.26. The molecule has 1 heterocycles. The molecule has 0 radical (unpaired) electrons. The van der Waals surface area contributed by atoms with Crippen LogP contribution in [-0.4, -0.2) is 29.6 Å². The Labute approximate surface area is 90.3 Å². The summed E-state index contributed by atoms with van der Waals surface area (Å²) in [7, 11) is 1.92. The maximum absolute atomic E-state index is 10.8. The van der Waals surface area contributed by atoms with Crippen LogP contribution in [0.1, 0.15) is 26.0 Å². The van der Waals surface area contributed by atoms with Gasteiger partial charge in [0.15, 0.2) is 5.82 Å². The van der Waals surface area contributed by atoms with E-state index in [1.165, 1.54) is 0 Å². The van der Waals surface area contributed by atoms with Crippen molar-refractivity contribution < 1.29 is 4.79 Å². The monoisotopic (exact) mass is 207 g/mol. The number of hydrogen-bond acceptors (Lipinski definition) is 4. The lowest BCUT2D eigenvalue weighted by Crippen LogP contribution is -2.21. The highest BCUT2D eigenvalue weighted by Gasteiger charge is 2.04. The number of carbonyl (C=O) groups excluding carboxylic acids is 1. The third kappa shape index (κ3) is 3.65. The zero-order valence-electron chi connectivity index (χ0n) is 9.53. The van der Waals surface area contributed by atoms with E-state index in [2.05, 4.69) is 10.2 Å². The van der Waals surface area contributed by atoms with E-state index in [0.717, 1.165) is 17.9 Å². The van der Waals surface area contributed by atoms with Crippen molar-refractivity contribution in [3.8, 4) is 0 Å². The van der Waals surface area contributed by atoms with Crippen molar-refractivity contribution in [3.05, 3.63) is 17.8 Å².